The first kappa shape index (κ1) is 22.2. The monoisotopic (exact) mass is 450 g/mol. The first-order valence-corrected chi connectivity index (χ1v) is 9.63. The van der Waals surface area contributed by atoms with E-state index >= 15 is 0 Å². The summed E-state index contributed by atoms with van der Waals surface area (Å²) in [5.41, 5.74) is 0.272. The Hall–Kier alpha value is -3.53. The number of ether oxygens (including phenoxy) is 4. The normalized spacial score (nSPS) is 12.5. The molecule has 0 unspecified atom stereocenters. The average molecular weight is 451 g/mol. The van der Waals surface area contributed by atoms with E-state index < -0.39 is 30.0 Å². The number of carbonyl (C=O) groups excluding carboxylic acids is 2. The Morgan fingerprint density at radius 2 is 1.87 bits per heavy atom. The van der Waals surface area contributed by atoms with E-state index in [1.54, 1.807) is 25.1 Å². The molecule has 31 heavy (non-hydrogen) atoms. The van der Waals surface area contributed by atoms with Crippen molar-refractivity contribution in [1.82, 2.24) is 0 Å². The molecule has 0 spiro atoms. The number of nitrogens with one attached hydrogen (secondary N) is 1. The van der Waals surface area contributed by atoms with E-state index in [4.69, 9.17) is 30.5 Å². The highest BCUT2D eigenvalue weighted by molar-refractivity contribution is 6.30. The summed E-state index contributed by atoms with van der Waals surface area (Å²) in [4.78, 5) is 34.7. The minimum absolute atomic E-state index is 0.0941. The zero-order valence-electron chi connectivity index (χ0n) is 16.5. The lowest BCUT2D eigenvalue weighted by molar-refractivity contribution is -0.384. The van der Waals surface area contributed by atoms with Gasteiger partial charge in [0.25, 0.3) is 11.6 Å². The average Bonchev–Trinajstić information content (AvgIpc) is 2.95. The van der Waals surface area contributed by atoms with E-state index in [9.17, 15) is 19.7 Å². The lowest BCUT2D eigenvalue weighted by Crippen LogP contribution is -2.24. The van der Waals surface area contributed by atoms with Crippen molar-refractivity contribution >= 4 is 34.9 Å². The van der Waals surface area contributed by atoms with Crippen molar-refractivity contribution in [1.29, 1.82) is 0 Å². The molecule has 0 radical (unpaired) electrons. The molecule has 0 bridgehead atoms. The third-order valence-corrected chi connectivity index (χ3v) is 4.42. The number of benzene rings is 2. The fourth-order valence-electron chi connectivity index (χ4n) is 2.73. The predicted octanol–water partition coefficient (Wildman–Crippen LogP) is 3.28. The molecular weight excluding hydrogens is 432 g/mol. The minimum Gasteiger partial charge on any atom is -0.489 e. The number of nitro groups is 1. The zero-order valence-corrected chi connectivity index (χ0v) is 17.3. The largest absolute Gasteiger partial charge is 0.489 e. The molecule has 2 aromatic carbocycles. The van der Waals surface area contributed by atoms with Gasteiger partial charge in [-0.25, -0.2) is 4.79 Å². The van der Waals surface area contributed by atoms with Crippen LogP contribution in [0.25, 0.3) is 0 Å². The van der Waals surface area contributed by atoms with E-state index in [2.05, 4.69) is 5.32 Å². The first-order valence-electron chi connectivity index (χ1n) is 9.26. The molecule has 1 amide bonds. The van der Waals surface area contributed by atoms with Crippen molar-refractivity contribution in [2.24, 2.45) is 0 Å². The molecule has 1 aliphatic heterocycles. The summed E-state index contributed by atoms with van der Waals surface area (Å²) < 4.78 is 21.1. The number of carbonyl (C=O) groups is 2. The van der Waals surface area contributed by atoms with Crippen molar-refractivity contribution in [2.75, 3.05) is 31.7 Å². The van der Waals surface area contributed by atoms with E-state index in [1.165, 1.54) is 12.1 Å². The Bertz CT molecular complexity index is 1010. The lowest BCUT2D eigenvalue weighted by atomic mass is 10.2. The second-order valence-electron chi connectivity index (χ2n) is 6.53. The summed E-state index contributed by atoms with van der Waals surface area (Å²) in [5, 5.41) is 14.3. The molecule has 1 heterocycles. The molecule has 164 valence electrons. The van der Waals surface area contributed by atoms with E-state index in [0.717, 1.165) is 5.56 Å². The van der Waals surface area contributed by atoms with Crippen LogP contribution in [0.5, 0.6) is 17.2 Å². The summed E-state index contributed by atoms with van der Waals surface area (Å²) in [7, 11) is 0. The zero-order chi connectivity index (χ0) is 22.4. The molecule has 0 saturated carbocycles. The molecule has 3 rings (SSSR count). The standard InChI is InChI=1S/C20H19ClN2O8/c1-12-7-13(21)3-4-16(12)30-11-20(25)31-10-19(24)22-14-8-17-18(9-15(14)23(26)27)29-6-2-5-28-17/h3-4,7-9H,2,5-6,10-11H2,1H3,(H,22,24). The fourth-order valence-corrected chi connectivity index (χ4v) is 2.96. The summed E-state index contributed by atoms with van der Waals surface area (Å²) in [6, 6.07) is 7.40. The number of nitrogens with zero attached hydrogens (tertiary/aromatic N) is 1. The highest BCUT2D eigenvalue weighted by Gasteiger charge is 2.23. The van der Waals surface area contributed by atoms with Gasteiger partial charge in [-0.05, 0) is 30.7 Å². The number of rotatable bonds is 7. The fraction of sp³-hybridized carbons (Fsp3) is 0.300. The third kappa shape index (κ3) is 5.98. The molecular formula is C20H19ClN2O8. The lowest BCUT2D eigenvalue weighted by Gasteiger charge is -2.12. The maximum atomic E-state index is 12.2. The number of halogens is 1. The molecule has 1 N–H and O–H groups in total. The van der Waals surface area contributed by atoms with Gasteiger partial charge in [-0.3, -0.25) is 14.9 Å². The van der Waals surface area contributed by atoms with E-state index in [1.807, 2.05) is 0 Å². The van der Waals surface area contributed by atoms with Gasteiger partial charge in [0, 0.05) is 17.5 Å². The van der Waals surface area contributed by atoms with Crippen molar-refractivity contribution in [2.45, 2.75) is 13.3 Å². The molecule has 10 nitrogen and oxygen atoms in total. The topological polar surface area (TPSA) is 126 Å². The smallest absolute Gasteiger partial charge is 0.344 e. The van der Waals surface area contributed by atoms with Crippen LogP contribution >= 0.6 is 11.6 Å². The van der Waals surface area contributed by atoms with Gasteiger partial charge in [-0.1, -0.05) is 11.6 Å². The predicted molar refractivity (Wildman–Crippen MR) is 110 cm³/mol. The number of hydrogen-bond acceptors (Lipinski definition) is 8. The van der Waals surface area contributed by atoms with Crippen LogP contribution in [0, 0.1) is 17.0 Å². The van der Waals surface area contributed by atoms with Gasteiger partial charge in [0.05, 0.1) is 24.2 Å². The summed E-state index contributed by atoms with van der Waals surface area (Å²) in [5.74, 6) is -0.578. The van der Waals surface area contributed by atoms with Crippen molar-refractivity contribution in [3.8, 4) is 17.2 Å². The van der Waals surface area contributed by atoms with Crippen LogP contribution in [-0.2, 0) is 14.3 Å². The Morgan fingerprint density at radius 1 is 1.16 bits per heavy atom. The van der Waals surface area contributed by atoms with Gasteiger partial charge >= 0.3 is 5.97 Å². The molecule has 0 aromatic heterocycles. The molecule has 0 fully saturated rings. The Morgan fingerprint density at radius 3 is 2.55 bits per heavy atom. The second-order valence-corrected chi connectivity index (χ2v) is 6.97. The molecule has 0 aliphatic carbocycles. The van der Waals surface area contributed by atoms with Crippen LogP contribution in [0.3, 0.4) is 0 Å². The van der Waals surface area contributed by atoms with Crippen molar-refractivity contribution in [3.05, 3.63) is 51.0 Å². The number of nitro benzene ring substituents is 1. The van der Waals surface area contributed by atoms with Gasteiger partial charge in [0.1, 0.15) is 11.4 Å². The van der Waals surface area contributed by atoms with Crippen LogP contribution in [-0.4, -0.2) is 43.2 Å². The minimum atomic E-state index is -0.780. The Kier molecular flexibility index (Phi) is 7.14. The molecule has 11 heteroatoms. The number of fused-ring (bicyclic) bond motifs is 1. The number of anilines is 1. The Labute approximate surface area is 182 Å². The number of hydrogen-bond donors (Lipinski definition) is 1. The summed E-state index contributed by atoms with van der Waals surface area (Å²) in [6.07, 6.45) is 0.623. The summed E-state index contributed by atoms with van der Waals surface area (Å²) in [6.45, 7) is 1.45. The van der Waals surface area contributed by atoms with Crippen LogP contribution in [0.2, 0.25) is 5.02 Å². The highest BCUT2D eigenvalue weighted by atomic mass is 35.5. The van der Waals surface area contributed by atoms with Crippen LogP contribution in [0.15, 0.2) is 30.3 Å². The maximum Gasteiger partial charge on any atom is 0.344 e. The highest BCUT2D eigenvalue weighted by Crippen LogP contribution is 2.39. The number of amides is 1. The quantitative estimate of drug-likeness (QED) is 0.387. The number of aryl methyl sites for hydroxylation is 1. The third-order valence-electron chi connectivity index (χ3n) is 4.18. The molecule has 0 atom stereocenters. The SMILES string of the molecule is Cc1cc(Cl)ccc1OCC(=O)OCC(=O)Nc1cc2c(cc1[N+](=O)[O-])OCCCO2. The maximum absolute atomic E-state index is 12.2. The Balaban J connectivity index is 1.57. The number of esters is 1. The van der Waals surface area contributed by atoms with E-state index in [0.29, 0.717) is 30.4 Å². The van der Waals surface area contributed by atoms with Gasteiger partial charge < -0.3 is 24.3 Å². The van der Waals surface area contributed by atoms with Crippen molar-refractivity contribution in [3.63, 3.8) is 0 Å². The van der Waals surface area contributed by atoms with E-state index in [-0.39, 0.29) is 22.9 Å². The van der Waals surface area contributed by atoms with Gasteiger partial charge in [0.15, 0.2) is 24.7 Å². The second kappa shape index (κ2) is 9.98. The van der Waals surface area contributed by atoms with Crippen LogP contribution in [0.1, 0.15) is 12.0 Å². The summed E-state index contributed by atoms with van der Waals surface area (Å²) >= 11 is 5.86. The van der Waals surface area contributed by atoms with Gasteiger partial charge in [-0.15, -0.1) is 0 Å². The molecule has 1 aliphatic rings. The first-order chi connectivity index (χ1) is 14.8. The molecule has 2 aromatic rings. The van der Waals surface area contributed by atoms with Gasteiger partial charge in [-0.2, -0.15) is 0 Å². The van der Waals surface area contributed by atoms with Gasteiger partial charge in [0.2, 0.25) is 0 Å². The van der Waals surface area contributed by atoms with Crippen LogP contribution in [0.4, 0.5) is 11.4 Å². The molecule has 0 saturated heterocycles. The van der Waals surface area contributed by atoms with Crippen LogP contribution < -0.4 is 19.5 Å². The van der Waals surface area contributed by atoms with Crippen molar-refractivity contribution < 1.29 is 33.5 Å².